The van der Waals surface area contributed by atoms with Gasteiger partial charge in [0.05, 0.1) is 28.5 Å². The van der Waals surface area contributed by atoms with Crippen LogP contribution in [-0.2, 0) is 0 Å². The number of H-pyrrole nitrogens is 1. The van der Waals surface area contributed by atoms with Crippen LogP contribution >= 0.6 is 23.2 Å². The Morgan fingerprint density at radius 3 is 2.82 bits per heavy atom. The summed E-state index contributed by atoms with van der Waals surface area (Å²) in [6, 6.07) is 0. The fourth-order valence-electron chi connectivity index (χ4n) is 1.52. The highest BCUT2D eigenvalue weighted by atomic mass is 35.5. The van der Waals surface area contributed by atoms with Crippen molar-refractivity contribution in [2.75, 3.05) is 0 Å². The van der Waals surface area contributed by atoms with Gasteiger partial charge in [0, 0.05) is 0 Å². The van der Waals surface area contributed by atoms with Crippen LogP contribution < -0.4 is 0 Å². The van der Waals surface area contributed by atoms with Gasteiger partial charge in [0.25, 0.3) is 0 Å². The molecule has 8 heteroatoms. The lowest BCUT2D eigenvalue weighted by Gasteiger charge is -2.01. The summed E-state index contributed by atoms with van der Waals surface area (Å²) in [5.41, 5.74) is 1.28. The number of aryl methyl sites for hydroxylation is 1. The van der Waals surface area contributed by atoms with Crippen molar-refractivity contribution in [3.63, 3.8) is 0 Å². The molecule has 1 N–H and O–H groups in total. The Labute approximate surface area is 106 Å². The largest absolute Gasteiger partial charge is 0.261 e. The van der Waals surface area contributed by atoms with Crippen molar-refractivity contribution in [3.05, 3.63) is 28.4 Å². The van der Waals surface area contributed by atoms with Gasteiger partial charge in [0.15, 0.2) is 11.5 Å². The fraction of sp³-hybridized carbons (Fsp3) is 0.111. The van der Waals surface area contributed by atoms with E-state index in [-0.39, 0.29) is 5.28 Å². The lowest BCUT2D eigenvalue weighted by atomic mass is 10.4. The molecule has 0 unspecified atom stereocenters. The summed E-state index contributed by atoms with van der Waals surface area (Å²) in [6.07, 6.45) is 3.29. The van der Waals surface area contributed by atoms with E-state index in [9.17, 15) is 0 Å². The Morgan fingerprint density at radius 1 is 1.29 bits per heavy atom. The monoisotopic (exact) mass is 268 g/mol. The van der Waals surface area contributed by atoms with Crippen LogP contribution in [0.3, 0.4) is 0 Å². The molecule has 86 valence electrons. The number of halogens is 2. The Bertz CT molecular complexity index is 681. The predicted octanol–water partition coefficient (Wildman–Crippen LogP) is 2.15. The van der Waals surface area contributed by atoms with Crippen LogP contribution in [0.5, 0.6) is 0 Å². The quantitative estimate of drug-likeness (QED) is 0.687. The van der Waals surface area contributed by atoms with Gasteiger partial charge in [-0.15, -0.1) is 0 Å². The minimum Gasteiger partial charge on any atom is -0.261 e. The molecule has 3 heterocycles. The molecule has 3 aromatic rings. The van der Waals surface area contributed by atoms with Crippen LogP contribution in [0.2, 0.25) is 10.3 Å². The van der Waals surface area contributed by atoms with Gasteiger partial charge in [0.2, 0.25) is 5.28 Å². The highest BCUT2D eigenvalue weighted by molar-refractivity contribution is 6.31. The molecule has 3 rings (SSSR count). The van der Waals surface area contributed by atoms with Gasteiger partial charge in [-0.05, 0) is 18.5 Å². The van der Waals surface area contributed by atoms with Crippen LogP contribution in [0.4, 0.5) is 0 Å². The number of aromatic nitrogens is 6. The number of nitrogens with zero attached hydrogens (tertiary/aromatic N) is 5. The number of hydrogen-bond donors (Lipinski definition) is 1. The fourth-order valence-corrected chi connectivity index (χ4v) is 1.81. The zero-order chi connectivity index (χ0) is 12.0. The normalized spacial score (nSPS) is 11.2. The number of hydrogen-bond acceptors (Lipinski definition) is 4. The van der Waals surface area contributed by atoms with E-state index < -0.39 is 0 Å². The lowest BCUT2D eigenvalue weighted by Crippen LogP contribution is -2.00. The molecule has 0 spiro atoms. The summed E-state index contributed by atoms with van der Waals surface area (Å²) < 4.78 is 1.56. The van der Waals surface area contributed by atoms with Crippen molar-refractivity contribution in [3.8, 4) is 5.82 Å². The first kappa shape index (κ1) is 10.5. The van der Waals surface area contributed by atoms with E-state index in [0.717, 1.165) is 11.1 Å². The Hall–Kier alpha value is -1.66. The molecule has 17 heavy (non-hydrogen) atoms. The summed E-state index contributed by atoms with van der Waals surface area (Å²) in [5.74, 6) is 0.545. The van der Waals surface area contributed by atoms with E-state index in [1.165, 1.54) is 0 Å². The van der Waals surface area contributed by atoms with Crippen molar-refractivity contribution in [1.29, 1.82) is 0 Å². The molecule has 0 fully saturated rings. The molecule has 0 bridgehead atoms. The van der Waals surface area contributed by atoms with Gasteiger partial charge < -0.3 is 0 Å². The SMILES string of the molecule is Cc1nn(-c2nc(Cl)nc3[nH]ncc23)cc1Cl. The molecule has 0 amide bonds. The Morgan fingerprint density at radius 2 is 2.12 bits per heavy atom. The van der Waals surface area contributed by atoms with Crippen LogP contribution in [0.25, 0.3) is 16.9 Å². The molecule has 6 nitrogen and oxygen atoms in total. The molecule has 0 saturated heterocycles. The van der Waals surface area contributed by atoms with E-state index in [1.807, 2.05) is 6.92 Å². The van der Waals surface area contributed by atoms with Gasteiger partial charge in [-0.2, -0.15) is 20.2 Å². The van der Waals surface area contributed by atoms with Crippen LogP contribution in [0.15, 0.2) is 12.4 Å². The maximum atomic E-state index is 5.96. The molecule has 0 atom stereocenters. The van der Waals surface area contributed by atoms with Crippen LogP contribution in [0.1, 0.15) is 5.69 Å². The minimum atomic E-state index is 0.126. The number of fused-ring (bicyclic) bond motifs is 1. The molecule has 0 radical (unpaired) electrons. The van der Waals surface area contributed by atoms with E-state index >= 15 is 0 Å². The zero-order valence-electron chi connectivity index (χ0n) is 8.65. The van der Waals surface area contributed by atoms with E-state index in [4.69, 9.17) is 23.2 Å². The van der Waals surface area contributed by atoms with Crippen molar-refractivity contribution in [2.24, 2.45) is 0 Å². The minimum absolute atomic E-state index is 0.126. The standard InChI is InChI=1S/C9H6Cl2N6/c1-4-6(10)3-17(16-4)8-5-2-12-15-7(5)13-9(11)14-8/h2-3H,1H3,(H,12,13,14,15). The maximum Gasteiger partial charge on any atom is 0.226 e. The highest BCUT2D eigenvalue weighted by Gasteiger charge is 2.12. The maximum absolute atomic E-state index is 5.96. The predicted molar refractivity (Wildman–Crippen MR) is 63.6 cm³/mol. The third kappa shape index (κ3) is 1.65. The summed E-state index contributed by atoms with van der Waals surface area (Å²) >= 11 is 11.8. The molecular weight excluding hydrogens is 263 g/mol. The molecule has 3 aromatic heterocycles. The van der Waals surface area contributed by atoms with E-state index in [2.05, 4.69) is 25.3 Å². The van der Waals surface area contributed by atoms with Gasteiger partial charge in [-0.3, -0.25) is 5.10 Å². The van der Waals surface area contributed by atoms with E-state index in [1.54, 1.807) is 17.1 Å². The molecule has 0 aliphatic carbocycles. The van der Waals surface area contributed by atoms with Gasteiger partial charge >= 0.3 is 0 Å². The second-order valence-electron chi connectivity index (χ2n) is 3.46. The molecular formula is C9H6Cl2N6. The zero-order valence-corrected chi connectivity index (χ0v) is 10.2. The smallest absolute Gasteiger partial charge is 0.226 e. The third-order valence-corrected chi connectivity index (χ3v) is 2.86. The van der Waals surface area contributed by atoms with Gasteiger partial charge in [-0.25, -0.2) is 4.68 Å². The second-order valence-corrected chi connectivity index (χ2v) is 4.20. The molecule has 0 aliphatic heterocycles. The first-order valence-corrected chi connectivity index (χ1v) is 5.49. The Kier molecular flexibility index (Phi) is 2.27. The first-order chi connectivity index (χ1) is 8.15. The number of nitrogens with one attached hydrogen (secondary N) is 1. The average Bonchev–Trinajstić information content (AvgIpc) is 2.85. The van der Waals surface area contributed by atoms with Gasteiger partial charge in [-0.1, -0.05) is 11.6 Å². The number of aromatic amines is 1. The summed E-state index contributed by atoms with van der Waals surface area (Å²) in [4.78, 5) is 8.15. The lowest BCUT2D eigenvalue weighted by molar-refractivity contribution is 0.836. The number of rotatable bonds is 1. The summed E-state index contributed by atoms with van der Waals surface area (Å²) in [6.45, 7) is 1.81. The summed E-state index contributed by atoms with van der Waals surface area (Å²) in [5, 5.41) is 12.3. The summed E-state index contributed by atoms with van der Waals surface area (Å²) in [7, 11) is 0. The van der Waals surface area contributed by atoms with Crippen molar-refractivity contribution >= 4 is 34.2 Å². The highest BCUT2D eigenvalue weighted by Crippen LogP contribution is 2.21. The van der Waals surface area contributed by atoms with Crippen LogP contribution in [0, 0.1) is 6.92 Å². The molecule has 0 aliphatic rings. The average molecular weight is 269 g/mol. The van der Waals surface area contributed by atoms with Crippen molar-refractivity contribution in [2.45, 2.75) is 6.92 Å². The van der Waals surface area contributed by atoms with Crippen molar-refractivity contribution in [1.82, 2.24) is 29.9 Å². The Balaban J connectivity index is 2.32. The first-order valence-electron chi connectivity index (χ1n) is 4.74. The van der Waals surface area contributed by atoms with Crippen LogP contribution in [-0.4, -0.2) is 29.9 Å². The molecule has 0 saturated carbocycles. The third-order valence-electron chi connectivity index (χ3n) is 2.32. The molecule has 0 aromatic carbocycles. The topological polar surface area (TPSA) is 72.3 Å². The van der Waals surface area contributed by atoms with Gasteiger partial charge in [0.1, 0.15) is 0 Å². The van der Waals surface area contributed by atoms with Crippen molar-refractivity contribution < 1.29 is 0 Å². The van der Waals surface area contributed by atoms with E-state index in [0.29, 0.717) is 16.5 Å². The second kappa shape index (κ2) is 3.68.